The van der Waals surface area contributed by atoms with Gasteiger partial charge in [-0.1, -0.05) is 17.3 Å². The molecule has 2 aromatic rings. The van der Waals surface area contributed by atoms with Gasteiger partial charge in [-0.3, -0.25) is 9.59 Å². The SMILES string of the molecule is Cc1ccc(C)c(N2C[C@H](C(=O)Nc3cc(C)on3)CC2=O)c1. The third kappa shape index (κ3) is 3.11. The van der Waals surface area contributed by atoms with Crippen LogP contribution in [0.15, 0.2) is 28.8 Å². The van der Waals surface area contributed by atoms with Crippen LogP contribution in [0.4, 0.5) is 11.5 Å². The van der Waals surface area contributed by atoms with Crippen LogP contribution < -0.4 is 10.2 Å². The monoisotopic (exact) mass is 313 g/mol. The summed E-state index contributed by atoms with van der Waals surface area (Å²) in [5.41, 5.74) is 2.99. The molecule has 6 nitrogen and oxygen atoms in total. The first-order valence-corrected chi connectivity index (χ1v) is 7.56. The Labute approximate surface area is 134 Å². The molecule has 1 aliphatic rings. The lowest BCUT2D eigenvalue weighted by Crippen LogP contribution is -2.28. The largest absolute Gasteiger partial charge is 0.360 e. The summed E-state index contributed by atoms with van der Waals surface area (Å²) in [6, 6.07) is 7.63. The van der Waals surface area contributed by atoms with Crippen molar-refractivity contribution in [2.45, 2.75) is 27.2 Å². The van der Waals surface area contributed by atoms with Gasteiger partial charge in [-0.05, 0) is 38.0 Å². The molecule has 1 fully saturated rings. The molecular formula is C17H19N3O3. The average Bonchev–Trinajstić information content (AvgIpc) is 3.08. The summed E-state index contributed by atoms with van der Waals surface area (Å²) in [6.45, 7) is 6.09. The molecule has 2 amide bonds. The predicted molar refractivity (Wildman–Crippen MR) is 86.2 cm³/mol. The van der Waals surface area contributed by atoms with Crippen LogP contribution in [0.25, 0.3) is 0 Å². The lowest BCUT2D eigenvalue weighted by atomic mass is 10.1. The Morgan fingerprint density at radius 1 is 1.30 bits per heavy atom. The zero-order valence-corrected chi connectivity index (χ0v) is 13.4. The minimum absolute atomic E-state index is 0.0322. The van der Waals surface area contributed by atoms with Crippen molar-refractivity contribution in [3.63, 3.8) is 0 Å². The van der Waals surface area contributed by atoms with Gasteiger partial charge in [-0.15, -0.1) is 0 Å². The summed E-state index contributed by atoms with van der Waals surface area (Å²) in [5, 5.41) is 6.44. The van der Waals surface area contributed by atoms with Gasteiger partial charge in [-0.2, -0.15) is 0 Å². The molecule has 3 rings (SSSR count). The lowest BCUT2D eigenvalue weighted by molar-refractivity contribution is -0.122. The van der Waals surface area contributed by atoms with Crippen LogP contribution in [-0.2, 0) is 9.59 Å². The maximum Gasteiger partial charge on any atom is 0.231 e. The summed E-state index contributed by atoms with van der Waals surface area (Å²) in [7, 11) is 0. The molecule has 1 N–H and O–H groups in total. The Kier molecular flexibility index (Phi) is 3.90. The molecular weight excluding hydrogens is 294 g/mol. The molecule has 1 aliphatic heterocycles. The van der Waals surface area contributed by atoms with Crippen molar-refractivity contribution in [3.8, 4) is 0 Å². The predicted octanol–water partition coefficient (Wildman–Crippen LogP) is 2.59. The van der Waals surface area contributed by atoms with Gasteiger partial charge in [0.15, 0.2) is 5.82 Å². The van der Waals surface area contributed by atoms with Gasteiger partial charge in [0.05, 0.1) is 5.92 Å². The van der Waals surface area contributed by atoms with E-state index in [9.17, 15) is 9.59 Å². The number of anilines is 2. The van der Waals surface area contributed by atoms with Crippen LogP contribution >= 0.6 is 0 Å². The van der Waals surface area contributed by atoms with Gasteiger partial charge in [0.2, 0.25) is 11.8 Å². The second-order valence-corrected chi connectivity index (χ2v) is 6.01. The molecule has 6 heteroatoms. The van der Waals surface area contributed by atoms with Gasteiger partial charge in [0.1, 0.15) is 5.76 Å². The van der Waals surface area contributed by atoms with Crippen molar-refractivity contribution in [3.05, 3.63) is 41.2 Å². The molecule has 2 heterocycles. The van der Waals surface area contributed by atoms with E-state index in [1.54, 1.807) is 17.9 Å². The Morgan fingerprint density at radius 2 is 2.09 bits per heavy atom. The fourth-order valence-corrected chi connectivity index (χ4v) is 2.78. The molecule has 23 heavy (non-hydrogen) atoms. The fraction of sp³-hybridized carbons (Fsp3) is 0.353. The molecule has 1 atom stereocenters. The number of amides is 2. The molecule has 0 unspecified atom stereocenters. The maximum absolute atomic E-state index is 12.3. The third-order valence-corrected chi connectivity index (χ3v) is 4.03. The number of benzene rings is 1. The molecule has 1 aromatic heterocycles. The fourth-order valence-electron chi connectivity index (χ4n) is 2.78. The number of nitrogens with zero attached hydrogens (tertiary/aromatic N) is 2. The summed E-state index contributed by atoms with van der Waals surface area (Å²) in [6.07, 6.45) is 0.204. The van der Waals surface area contributed by atoms with E-state index >= 15 is 0 Å². The minimum atomic E-state index is -0.389. The zero-order valence-electron chi connectivity index (χ0n) is 13.4. The first-order chi connectivity index (χ1) is 10.9. The maximum atomic E-state index is 12.3. The first kappa shape index (κ1) is 15.3. The van der Waals surface area contributed by atoms with Crippen LogP contribution in [-0.4, -0.2) is 23.5 Å². The van der Waals surface area contributed by atoms with E-state index < -0.39 is 0 Å². The highest BCUT2D eigenvalue weighted by atomic mass is 16.5. The molecule has 0 aliphatic carbocycles. The number of aryl methyl sites for hydroxylation is 3. The smallest absolute Gasteiger partial charge is 0.231 e. The van der Waals surface area contributed by atoms with E-state index in [2.05, 4.69) is 10.5 Å². The zero-order chi connectivity index (χ0) is 16.6. The average molecular weight is 313 g/mol. The lowest BCUT2D eigenvalue weighted by Gasteiger charge is -2.19. The van der Waals surface area contributed by atoms with Gasteiger partial charge in [-0.25, -0.2) is 0 Å². The highest BCUT2D eigenvalue weighted by molar-refractivity contribution is 6.03. The minimum Gasteiger partial charge on any atom is -0.360 e. The first-order valence-electron chi connectivity index (χ1n) is 7.56. The van der Waals surface area contributed by atoms with Crippen molar-refractivity contribution in [1.82, 2.24) is 5.16 Å². The summed E-state index contributed by atoms with van der Waals surface area (Å²) in [5.74, 6) is 0.374. The van der Waals surface area contributed by atoms with Crippen LogP contribution in [0.5, 0.6) is 0 Å². The van der Waals surface area contributed by atoms with Gasteiger partial charge in [0.25, 0.3) is 0 Å². The van der Waals surface area contributed by atoms with Crippen LogP contribution in [0.2, 0.25) is 0 Å². The number of rotatable bonds is 3. The van der Waals surface area contributed by atoms with Crippen molar-refractivity contribution in [2.24, 2.45) is 5.92 Å². The number of carbonyl (C=O) groups is 2. The van der Waals surface area contributed by atoms with E-state index in [4.69, 9.17) is 4.52 Å². The molecule has 0 radical (unpaired) electrons. The number of aromatic nitrogens is 1. The van der Waals surface area contributed by atoms with E-state index in [-0.39, 0.29) is 24.2 Å². The molecule has 0 saturated carbocycles. The number of nitrogens with one attached hydrogen (secondary N) is 1. The standard InChI is InChI=1S/C17H19N3O3/c1-10-4-5-11(2)14(6-10)20-9-13(8-16(20)21)17(22)18-15-7-12(3)23-19-15/h4-7,13H,8-9H2,1-3H3,(H,18,19,22)/t13-/m1/s1. The Hall–Kier alpha value is -2.63. The topological polar surface area (TPSA) is 75.4 Å². The van der Waals surface area contributed by atoms with Crippen molar-refractivity contribution < 1.29 is 14.1 Å². The van der Waals surface area contributed by atoms with E-state index in [1.807, 2.05) is 32.0 Å². The van der Waals surface area contributed by atoms with E-state index in [1.165, 1.54) is 0 Å². The van der Waals surface area contributed by atoms with Crippen molar-refractivity contribution in [1.29, 1.82) is 0 Å². The normalized spacial score (nSPS) is 17.6. The van der Waals surface area contributed by atoms with E-state index in [0.29, 0.717) is 18.1 Å². The van der Waals surface area contributed by atoms with Gasteiger partial charge in [0, 0.05) is 24.7 Å². The van der Waals surface area contributed by atoms with Crippen LogP contribution in [0, 0.1) is 26.7 Å². The number of carbonyl (C=O) groups excluding carboxylic acids is 2. The molecule has 1 aromatic carbocycles. The van der Waals surface area contributed by atoms with Crippen LogP contribution in [0.3, 0.4) is 0 Å². The molecule has 1 saturated heterocycles. The molecule has 0 bridgehead atoms. The highest BCUT2D eigenvalue weighted by Gasteiger charge is 2.36. The molecule has 0 spiro atoms. The quantitative estimate of drug-likeness (QED) is 0.945. The van der Waals surface area contributed by atoms with Crippen molar-refractivity contribution >= 4 is 23.3 Å². The Bertz CT molecular complexity index is 766. The molecule has 120 valence electrons. The number of hydrogen-bond acceptors (Lipinski definition) is 4. The van der Waals surface area contributed by atoms with E-state index in [0.717, 1.165) is 16.8 Å². The second kappa shape index (κ2) is 5.87. The van der Waals surface area contributed by atoms with Gasteiger partial charge < -0.3 is 14.7 Å². The van der Waals surface area contributed by atoms with Crippen molar-refractivity contribution in [2.75, 3.05) is 16.8 Å². The third-order valence-electron chi connectivity index (χ3n) is 4.03. The summed E-state index contributed by atoms with van der Waals surface area (Å²) < 4.78 is 4.93. The Balaban J connectivity index is 1.74. The number of hydrogen-bond donors (Lipinski definition) is 1. The Morgan fingerprint density at radius 3 is 2.78 bits per heavy atom. The van der Waals surface area contributed by atoms with Crippen LogP contribution in [0.1, 0.15) is 23.3 Å². The summed E-state index contributed by atoms with van der Waals surface area (Å²) in [4.78, 5) is 26.3. The van der Waals surface area contributed by atoms with Gasteiger partial charge >= 0.3 is 0 Å². The second-order valence-electron chi connectivity index (χ2n) is 6.01. The highest BCUT2D eigenvalue weighted by Crippen LogP contribution is 2.29. The summed E-state index contributed by atoms with van der Waals surface area (Å²) >= 11 is 0.